The van der Waals surface area contributed by atoms with Crippen LogP contribution in [-0.2, 0) is 9.59 Å². The molecule has 1 saturated heterocycles. The lowest BCUT2D eigenvalue weighted by molar-refractivity contribution is -0.153. The van der Waals surface area contributed by atoms with E-state index in [4.69, 9.17) is 0 Å². The quantitative estimate of drug-likeness (QED) is 0.905. The number of aryl methyl sites for hydroxylation is 1. The molecule has 26 heavy (non-hydrogen) atoms. The lowest BCUT2D eigenvalue weighted by Crippen LogP contribution is -2.56. The van der Waals surface area contributed by atoms with E-state index in [0.29, 0.717) is 13.1 Å². The molecule has 1 aromatic carbocycles. The van der Waals surface area contributed by atoms with Crippen LogP contribution in [0.25, 0.3) is 0 Å². The third-order valence-corrected chi connectivity index (χ3v) is 6.79. The molecule has 2 bridgehead atoms. The minimum Gasteiger partial charge on any atom is -0.481 e. The van der Waals surface area contributed by atoms with Crippen molar-refractivity contribution in [1.82, 2.24) is 4.90 Å². The van der Waals surface area contributed by atoms with Crippen molar-refractivity contribution < 1.29 is 14.7 Å². The molecule has 0 aromatic heterocycles. The number of anilines is 1. The van der Waals surface area contributed by atoms with Crippen LogP contribution in [0.3, 0.4) is 0 Å². The van der Waals surface area contributed by atoms with E-state index >= 15 is 0 Å². The molecule has 1 amide bonds. The molecule has 5 heteroatoms. The van der Waals surface area contributed by atoms with Gasteiger partial charge in [-0.3, -0.25) is 9.59 Å². The van der Waals surface area contributed by atoms with Gasteiger partial charge in [-0.15, -0.1) is 0 Å². The maximum absolute atomic E-state index is 13.2. The molecule has 4 rings (SSSR count). The number of piperazine rings is 1. The second kappa shape index (κ2) is 6.60. The maximum atomic E-state index is 13.2. The number of amides is 1. The lowest BCUT2D eigenvalue weighted by atomic mass is 9.78. The lowest BCUT2D eigenvalue weighted by Gasteiger charge is -2.43. The van der Waals surface area contributed by atoms with E-state index in [1.165, 1.54) is 11.3 Å². The molecule has 3 aliphatic rings. The van der Waals surface area contributed by atoms with Crippen LogP contribution >= 0.6 is 0 Å². The van der Waals surface area contributed by atoms with Gasteiger partial charge in [0.05, 0.1) is 11.8 Å². The summed E-state index contributed by atoms with van der Waals surface area (Å²) in [5.41, 5.74) is 2.43. The van der Waals surface area contributed by atoms with Gasteiger partial charge >= 0.3 is 5.97 Å². The molecule has 1 aliphatic heterocycles. The molecular formula is C21H28N2O3. The molecule has 1 N–H and O–H groups in total. The Balaban J connectivity index is 1.46. The third-order valence-electron chi connectivity index (χ3n) is 6.79. The van der Waals surface area contributed by atoms with Gasteiger partial charge in [-0.25, -0.2) is 0 Å². The van der Waals surface area contributed by atoms with E-state index in [1.807, 2.05) is 4.90 Å². The summed E-state index contributed by atoms with van der Waals surface area (Å²) in [6, 6.07) is 8.75. The first-order valence-corrected chi connectivity index (χ1v) is 9.80. The SMILES string of the molecule is Cc1ccc(N2CCN(C(=O)[C@@H]3[C@H]4CC[C@@H](C4)[C@H]3C(=O)O)C[C@@H]2C)cc1. The predicted molar refractivity (Wildman–Crippen MR) is 100 cm³/mol. The van der Waals surface area contributed by atoms with Crippen LogP contribution in [0.15, 0.2) is 24.3 Å². The van der Waals surface area contributed by atoms with Crippen LogP contribution in [0.1, 0.15) is 31.7 Å². The van der Waals surface area contributed by atoms with Crippen LogP contribution in [-0.4, -0.2) is 47.6 Å². The van der Waals surface area contributed by atoms with Crippen molar-refractivity contribution in [3.63, 3.8) is 0 Å². The highest BCUT2D eigenvalue weighted by Crippen LogP contribution is 2.53. The van der Waals surface area contributed by atoms with E-state index in [9.17, 15) is 14.7 Å². The largest absolute Gasteiger partial charge is 0.481 e. The van der Waals surface area contributed by atoms with Crippen molar-refractivity contribution in [3.8, 4) is 0 Å². The second-order valence-electron chi connectivity index (χ2n) is 8.39. The van der Waals surface area contributed by atoms with Crippen molar-refractivity contribution in [3.05, 3.63) is 29.8 Å². The zero-order valence-electron chi connectivity index (χ0n) is 15.6. The number of benzene rings is 1. The molecule has 1 aromatic rings. The fraction of sp³-hybridized carbons (Fsp3) is 0.619. The van der Waals surface area contributed by atoms with Gasteiger partial charge in [-0.05, 0) is 57.1 Å². The minimum absolute atomic E-state index is 0.0833. The summed E-state index contributed by atoms with van der Waals surface area (Å²) in [5, 5.41) is 9.64. The molecule has 2 saturated carbocycles. The van der Waals surface area contributed by atoms with E-state index in [2.05, 4.69) is 43.0 Å². The van der Waals surface area contributed by atoms with Crippen molar-refractivity contribution >= 4 is 17.6 Å². The molecule has 0 unspecified atom stereocenters. The van der Waals surface area contributed by atoms with Crippen LogP contribution in [0, 0.1) is 30.6 Å². The molecule has 2 aliphatic carbocycles. The Bertz CT molecular complexity index is 702. The van der Waals surface area contributed by atoms with E-state index in [-0.39, 0.29) is 29.7 Å². The van der Waals surface area contributed by atoms with Gasteiger partial charge in [-0.1, -0.05) is 17.7 Å². The normalized spacial score (nSPS) is 33.5. The summed E-state index contributed by atoms with van der Waals surface area (Å²) in [6.45, 7) is 6.38. The number of carboxylic acids is 1. The highest BCUT2D eigenvalue weighted by Gasteiger charge is 2.55. The van der Waals surface area contributed by atoms with Gasteiger partial charge in [0, 0.05) is 31.4 Å². The average Bonchev–Trinajstić information content (AvgIpc) is 3.23. The Morgan fingerprint density at radius 3 is 2.31 bits per heavy atom. The second-order valence-corrected chi connectivity index (χ2v) is 8.39. The average molecular weight is 356 g/mol. The van der Waals surface area contributed by atoms with Crippen LogP contribution in [0.5, 0.6) is 0 Å². The van der Waals surface area contributed by atoms with Crippen LogP contribution < -0.4 is 4.90 Å². The van der Waals surface area contributed by atoms with Gasteiger partial charge in [0.25, 0.3) is 0 Å². The van der Waals surface area contributed by atoms with Gasteiger partial charge in [0.2, 0.25) is 5.91 Å². The van der Waals surface area contributed by atoms with Gasteiger partial charge in [-0.2, -0.15) is 0 Å². The topological polar surface area (TPSA) is 60.9 Å². The Kier molecular flexibility index (Phi) is 4.41. The standard InChI is InChI=1S/C21H28N2O3/c1-13-3-7-17(8-4-13)23-10-9-22(12-14(23)2)20(24)18-15-5-6-16(11-15)19(18)21(25)26/h3-4,7-8,14-16,18-19H,5-6,9-12H2,1-2H3,(H,25,26)/t14-,15-,16-,18+,19+/m0/s1. The van der Waals surface area contributed by atoms with Crippen molar-refractivity contribution in [2.24, 2.45) is 23.7 Å². The Labute approximate surface area is 155 Å². The van der Waals surface area contributed by atoms with Crippen LogP contribution in [0.2, 0.25) is 0 Å². The fourth-order valence-corrected chi connectivity index (χ4v) is 5.49. The molecule has 0 spiro atoms. The van der Waals surface area contributed by atoms with Gasteiger partial charge in [0.15, 0.2) is 0 Å². The number of nitrogens with zero attached hydrogens (tertiary/aromatic N) is 2. The zero-order valence-corrected chi connectivity index (χ0v) is 15.6. The van der Waals surface area contributed by atoms with Crippen molar-refractivity contribution in [2.75, 3.05) is 24.5 Å². The first-order valence-electron chi connectivity index (χ1n) is 9.80. The Morgan fingerprint density at radius 1 is 1.04 bits per heavy atom. The zero-order chi connectivity index (χ0) is 18.4. The first kappa shape index (κ1) is 17.4. The first-order chi connectivity index (χ1) is 12.5. The number of fused-ring (bicyclic) bond motifs is 2. The molecule has 5 nitrogen and oxygen atoms in total. The summed E-state index contributed by atoms with van der Waals surface area (Å²) >= 11 is 0. The number of hydrogen-bond donors (Lipinski definition) is 1. The molecule has 0 radical (unpaired) electrons. The van der Waals surface area contributed by atoms with Crippen molar-refractivity contribution in [2.45, 2.75) is 39.2 Å². The summed E-state index contributed by atoms with van der Waals surface area (Å²) in [4.78, 5) is 29.2. The van der Waals surface area contributed by atoms with E-state index in [1.54, 1.807) is 0 Å². The fourth-order valence-electron chi connectivity index (χ4n) is 5.49. The van der Waals surface area contributed by atoms with E-state index in [0.717, 1.165) is 25.8 Å². The summed E-state index contributed by atoms with van der Waals surface area (Å²) < 4.78 is 0. The molecule has 5 atom stereocenters. The van der Waals surface area contributed by atoms with E-state index < -0.39 is 11.9 Å². The molecule has 3 fully saturated rings. The number of hydrogen-bond acceptors (Lipinski definition) is 3. The highest BCUT2D eigenvalue weighted by atomic mass is 16.4. The molecule has 1 heterocycles. The number of carbonyl (C=O) groups is 2. The number of carboxylic acid groups (broad SMARTS) is 1. The van der Waals surface area contributed by atoms with Gasteiger partial charge < -0.3 is 14.9 Å². The Morgan fingerprint density at radius 2 is 1.69 bits per heavy atom. The highest BCUT2D eigenvalue weighted by molar-refractivity contribution is 5.86. The van der Waals surface area contributed by atoms with Gasteiger partial charge in [0.1, 0.15) is 0 Å². The summed E-state index contributed by atoms with van der Waals surface area (Å²) in [7, 11) is 0. The van der Waals surface area contributed by atoms with Crippen LogP contribution in [0.4, 0.5) is 5.69 Å². The molecular weight excluding hydrogens is 328 g/mol. The minimum atomic E-state index is -0.776. The predicted octanol–water partition coefficient (Wildman–Crippen LogP) is 2.78. The third kappa shape index (κ3) is 2.87. The maximum Gasteiger partial charge on any atom is 0.307 e. The number of carbonyl (C=O) groups excluding carboxylic acids is 1. The smallest absolute Gasteiger partial charge is 0.307 e. The number of aliphatic carboxylic acids is 1. The summed E-state index contributed by atoms with van der Waals surface area (Å²) in [6.07, 6.45) is 2.92. The monoisotopic (exact) mass is 356 g/mol. The number of rotatable bonds is 3. The molecule has 140 valence electrons. The van der Waals surface area contributed by atoms with Crippen molar-refractivity contribution in [1.29, 1.82) is 0 Å². The Hall–Kier alpha value is -2.04. The summed E-state index contributed by atoms with van der Waals surface area (Å²) in [5.74, 6) is -0.977.